The van der Waals surface area contributed by atoms with Crippen LogP contribution in [0.15, 0.2) is 24.3 Å². The van der Waals surface area contributed by atoms with Crippen molar-refractivity contribution in [3.8, 4) is 0 Å². The smallest absolute Gasteiger partial charge is 0.239 e. The van der Waals surface area contributed by atoms with Crippen LogP contribution in [0.3, 0.4) is 0 Å². The number of ether oxygens (including phenoxy) is 1. The number of rotatable bonds is 4. The van der Waals surface area contributed by atoms with Crippen molar-refractivity contribution in [3.05, 3.63) is 34.9 Å². The highest BCUT2D eigenvalue weighted by Crippen LogP contribution is 2.17. The third-order valence-corrected chi connectivity index (χ3v) is 3.82. The number of benzene rings is 1. The van der Waals surface area contributed by atoms with Crippen LogP contribution in [0.4, 0.5) is 0 Å². The molecule has 5 heteroatoms. The summed E-state index contributed by atoms with van der Waals surface area (Å²) < 4.78 is 5.26. The van der Waals surface area contributed by atoms with Gasteiger partial charge in [-0.25, -0.2) is 0 Å². The average Bonchev–Trinajstić information content (AvgIpc) is 2.48. The number of morpholine rings is 1. The van der Waals surface area contributed by atoms with E-state index in [1.807, 2.05) is 43.0 Å². The van der Waals surface area contributed by atoms with Crippen molar-refractivity contribution in [1.29, 1.82) is 0 Å². The number of hydrogen-bond donors (Lipinski definition) is 1. The summed E-state index contributed by atoms with van der Waals surface area (Å²) in [6, 6.07) is 7.58. The number of nitrogens with one attached hydrogen (secondary N) is 1. The second kappa shape index (κ2) is 7.07. The standard InChI is InChI=1S/C15H21ClN2O2/c1-11(13-3-5-14(16)6-4-13)17-12(2)15(19)18-7-9-20-10-8-18/h3-6,11-12,17H,7-10H2,1-2H3. The molecule has 1 aliphatic heterocycles. The van der Waals surface area contributed by atoms with E-state index >= 15 is 0 Å². The number of amides is 1. The second-order valence-electron chi connectivity index (χ2n) is 5.10. The molecule has 1 aliphatic rings. The Morgan fingerprint density at radius 3 is 2.45 bits per heavy atom. The molecule has 1 aromatic carbocycles. The van der Waals surface area contributed by atoms with Crippen molar-refractivity contribution >= 4 is 17.5 Å². The Bertz CT molecular complexity index is 444. The molecule has 0 saturated carbocycles. The van der Waals surface area contributed by atoms with Gasteiger partial charge in [-0.05, 0) is 31.5 Å². The van der Waals surface area contributed by atoms with Crippen LogP contribution in [0, 0.1) is 0 Å². The summed E-state index contributed by atoms with van der Waals surface area (Å²) in [5.74, 6) is 0.133. The molecule has 4 nitrogen and oxygen atoms in total. The van der Waals surface area contributed by atoms with Crippen LogP contribution >= 0.6 is 11.6 Å². The van der Waals surface area contributed by atoms with Gasteiger partial charge >= 0.3 is 0 Å². The first-order valence-electron chi connectivity index (χ1n) is 6.96. The Labute approximate surface area is 125 Å². The molecule has 1 saturated heterocycles. The van der Waals surface area contributed by atoms with Crippen LogP contribution in [0.1, 0.15) is 25.5 Å². The van der Waals surface area contributed by atoms with E-state index in [-0.39, 0.29) is 18.0 Å². The zero-order valence-corrected chi connectivity index (χ0v) is 12.7. The predicted octanol–water partition coefficient (Wildman–Crippen LogP) is 2.24. The summed E-state index contributed by atoms with van der Waals surface area (Å²) in [6.45, 7) is 6.58. The quantitative estimate of drug-likeness (QED) is 0.926. The first-order valence-corrected chi connectivity index (χ1v) is 7.34. The fourth-order valence-corrected chi connectivity index (χ4v) is 2.48. The molecule has 0 spiro atoms. The molecule has 1 heterocycles. The first-order chi connectivity index (χ1) is 9.58. The van der Waals surface area contributed by atoms with Gasteiger partial charge in [0.05, 0.1) is 19.3 Å². The van der Waals surface area contributed by atoms with Gasteiger partial charge in [0.15, 0.2) is 0 Å². The Morgan fingerprint density at radius 1 is 1.25 bits per heavy atom. The van der Waals surface area contributed by atoms with E-state index in [4.69, 9.17) is 16.3 Å². The van der Waals surface area contributed by atoms with Gasteiger partial charge in [-0.2, -0.15) is 0 Å². The maximum atomic E-state index is 12.3. The van der Waals surface area contributed by atoms with E-state index in [1.54, 1.807) is 0 Å². The fraction of sp³-hybridized carbons (Fsp3) is 0.533. The number of nitrogens with zero attached hydrogens (tertiary/aromatic N) is 1. The van der Waals surface area contributed by atoms with Crippen molar-refractivity contribution in [1.82, 2.24) is 10.2 Å². The highest BCUT2D eigenvalue weighted by molar-refractivity contribution is 6.30. The van der Waals surface area contributed by atoms with Crippen LogP contribution in [0.25, 0.3) is 0 Å². The predicted molar refractivity (Wildman–Crippen MR) is 79.9 cm³/mol. The van der Waals surface area contributed by atoms with Gasteiger partial charge in [-0.1, -0.05) is 23.7 Å². The molecule has 1 amide bonds. The van der Waals surface area contributed by atoms with E-state index in [2.05, 4.69) is 5.32 Å². The fourth-order valence-electron chi connectivity index (χ4n) is 2.35. The minimum atomic E-state index is -0.209. The summed E-state index contributed by atoms with van der Waals surface area (Å²) in [5.41, 5.74) is 1.12. The number of carbonyl (C=O) groups excluding carboxylic acids is 1. The van der Waals surface area contributed by atoms with Gasteiger partial charge in [0.1, 0.15) is 0 Å². The molecular formula is C15H21ClN2O2. The molecule has 1 fully saturated rings. The maximum Gasteiger partial charge on any atom is 0.239 e. The SMILES string of the molecule is CC(NC(C)c1ccc(Cl)cc1)C(=O)N1CCOCC1. The van der Waals surface area contributed by atoms with Gasteiger partial charge in [0.2, 0.25) is 5.91 Å². The first kappa shape index (κ1) is 15.3. The summed E-state index contributed by atoms with van der Waals surface area (Å²) in [6.07, 6.45) is 0. The molecule has 0 radical (unpaired) electrons. The normalized spacial score (nSPS) is 18.6. The largest absolute Gasteiger partial charge is 0.378 e. The zero-order chi connectivity index (χ0) is 14.5. The highest BCUT2D eigenvalue weighted by Gasteiger charge is 2.23. The topological polar surface area (TPSA) is 41.6 Å². The summed E-state index contributed by atoms with van der Waals surface area (Å²) in [5, 5.41) is 4.06. The lowest BCUT2D eigenvalue weighted by molar-refractivity contribution is -0.137. The van der Waals surface area contributed by atoms with Crippen molar-refractivity contribution < 1.29 is 9.53 Å². The van der Waals surface area contributed by atoms with E-state index in [0.29, 0.717) is 26.3 Å². The Morgan fingerprint density at radius 2 is 1.85 bits per heavy atom. The minimum absolute atomic E-state index is 0.104. The number of halogens is 1. The van der Waals surface area contributed by atoms with Gasteiger partial charge in [0, 0.05) is 24.2 Å². The summed E-state index contributed by atoms with van der Waals surface area (Å²) >= 11 is 5.88. The zero-order valence-electron chi connectivity index (χ0n) is 11.9. The van der Waals surface area contributed by atoms with E-state index in [1.165, 1.54) is 0 Å². The minimum Gasteiger partial charge on any atom is -0.378 e. The van der Waals surface area contributed by atoms with E-state index < -0.39 is 0 Å². The monoisotopic (exact) mass is 296 g/mol. The molecule has 2 unspecified atom stereocenters. The van der Waals surface area contributed by atoms with Crippen molar-refractivity contribution in [2.24, 2.45) is 0 Å². The molecule has 2 rings (SSSR count). The summed E-state index contributed by atoms with van der Waals surface area (Å²) in [4.78, 5) is 14.2. The maximum absolute atomic E-state index is 12.3. The lowest BCUT2D eigenvalue weighted by Crippen LogP contribution is -2.49. The highest BCUT2D eigenvalue weighted by atomic mass is 35.5. The molecule has 1 aromatic rings. The van der Waals surface area contributed by atoms with Crippen LogP contribution < -0.4 is 5.32 Å². The third kappa shape index (κ3) is 3.95. The Hall–Kier alpha value is -1.10. The van der Waals surface area contributed by atoms with Gasteiger partial charge in [-0.15, -0.1) is 0 Å². The van der Waals surface area contributed by atoms with Crippen molar-refractivity contribution in [3.63, 3.8) is 0 Å². The molecule has 20 heavy (non-hydrogen) atoms. The molecule has 2 atom stereocenters. The Kier molecular flexibility index (Phi) is 5.40. The van der Waals surface area contributed by atoms with Gasteiger partial charge in [-0.3, -0.25) is 10.1 Å². The van der Waals surface area contributed by atoms with Crippen LogP contribution in [0.5, 0.6) is 0 Å². The molecule has 0 bridgehead atoms. The second-order valence-corrected chi connectivity index (χ2v) is 5.54. The van der Waals surface area contributed by atoms with E-state index in [0.717, 1.165) is 10.6 Å². The van der Waals surface area contributed by atoms with Crippen LogP contribution in [-0.4, -0.2) is 43.2 Å². The lowest BCUT2D eigenvalue weighted by Gasteiger charge is -2.30. The van der Waals surface area contributed by atoms with Crippen molar-refractivity contribution in [2.45, 2.75) is 25.9 Å². The number of hydrogen-bond acceptors (Lipinski definition) is 3. The average molecular weight is 297 g/mol. The lowest BCUT2D eigenvalue weighted by atomic mass is 10.1. The van der Waals surface area contributed by atoms with Gasteiger partial charge in [0.25, 0.3) is 0 Å². The van der Waals surface area contributed by atoms with Gasteiger partial charge < -0.3 is 9.64 Å². The van der Waals surface area contributed by atoms with Crippen LogP contribution in [0.2, 0.25) is 5.02 Å². The number of carbonyl (C=O) groups is 1. The summed E-state index contributed by atoms with van der Waals surface area (Å²) in [7, 11) is 0. The van der Waals surface area contributed by atoms with Crippen LogP contribution in [-0.2, 0) is 9.53 Å². The van der Waals surface area contributed by atoms with Crippen molar-refractivity contribution in [2.75, 3.05) is 26.3 Å². The Balaban J connectivity index is 1.91. The molecule has 0 aliphatic carbocycles. The van der Waals surface area contributed by atoms with E-state index in [9.17, 15) is 4.79 Å². The molecule has 110 valence electrons. The molecular weight excluding hydrogens is 276 g/mol. The molecule has 1 N–H and O–H groups in total. The molecule has 0 aromatic heterocycles. The third-order valence-electron chi connectivity index (χ3n) is 3.56.